The molecule has 4 nitrogen and oxygen atoms in total. The van der Waals surface area contributed by atoms with Gasteiger partial charge in [0.05, 0.1) is 5.69 Å². The highest BCUT2D eigenvalue weighted by atomic mass is 16.1. The highest BCUT2D eigenvalue weighted by Gasteiger charge is 2.16. The average molecular weight is 235 g/mol. The van der Waals surface area contributed by atoms with Gasteiger partial charge in [0.25, 0.3) is 5.56 Å². The number of H-pyrrole nitrogens is 1. The van der Waals surface area contributed by atoms with E-state index in [9.17, 15) is 4.79 Å². The van der Waals surface area contributed by atoms with Crippen LogP contribution in [0, 0.1) is 0 Å². The summed E-state index contributed by atoms with van der Waals surface area (Å²) in [6, 6.07) is 0. The lowest BCUT2D eigenvalue weighted by molar-refractivity contribution is 0.683. The molecule has 94 valence electrons. The minimum atomic E-state index is 0.0450. The van der Waals surface area contributed by atoms with Crippen LogP contribution in [-0.4, -0.2) is 16.5 Å². The van der Waals surface area contributed by atoms with Crippen LogP contribution in [0.15, 0.2) is 4.79 Å². The van der Waals surface area contributed by atoms with Crippen LogP contribution in [0.25, 0.3) is 0 Å². The van der Waals surface area contributed by atoms with E-state index in [1.165, 1.54) is 19.3 Å². The summed E-state index contributed by atoms with van der Waals surface area (Å²) in [4.78, 5) is 19.0. The first-order valence-electron chi connectivity index (χ1n) is 6.67. The third kappa shape index (κ3) is 3.08. The molecule has 0 amide bonds. The summed E-state index contributed by atoms with van der Waals surface area (Å²) in [7, 11) is 0. The van der Waals surface area contributed by atoms with Gasteiger partial charge in [-0.15, -0.1) is 0 Å². The summed E-state index contributed by atoms with van der Waals surface area (Å²) in [6.45, 7) is 3.09. The maximum absolute atomic E-state index is 11.7. The van der Waals surface area contributed by atoms with E-state index in [2.05, 4.69) is 22.2 Å². The molecule has 2 rings (SSSR count). The number of nitrogens with one attached hydrogen (secondary N) is 2. The lowest BCUT2D eigenvalue weighted by Crippen LogP contribution is -2.18. The summed E-state index contributed by atoms with van der Waals surface area (Å²) in [6.07, 6.45) is 7.78. The zero-order valence-electron chi connectivity index (χ0n) is 10.5. The normalized spacial score (nSPS) is 13.7. The molecule has 0 spiro atoms. The first-order valence-corrected chi connectivity index (χ1v) is 6.67. The van der Waals surface area contributed by atoms with Crippen LogP contribution in [0.2, 0.25) is 0 Å². The fourth-order valence-corrected chi connectivity index (χ4v) is 2.28. The minimum Gasteiger partial charge on any atom is -0.356 e. The van der Waals surface area contributed by atoms with Crippen LogP contribution in [0.4, 0.5) is 5.95 Å². The molecule has 0 atom stereocenters. The van der Waals surface area contributed by atoms with E-state index in [-0.39, 0.29) is 5.56 Å². The summed E-state index contributed by atoms with van der Waals surface area (Å²) < 4.78 is 0. The van der Waals surface area contributed by atoms with Gasteiger partial charge in [0.2, 0.25) is 5.95 Å². The molecular formula is C13H21N3O. The Balaban J connectivity index is 1.89. The number of unbranched alkanes of at least 4 members (excludes halogenated alkanes) is 3. The van der Waals surface area contributed by atoms with Crippen molar-refractivity contribution in [3.05, 3.63) is 21.6 Å². The smallest absolute Gasteiger partial charge is 0.255 e. The topological polar surface area (TPSA) is 57.8 Å². The average Bonchev–Trinajstić information content (AvgIpc) is 2.77. The molecule has 4 heteroatoms. The van der Waals surface area contributed by atoms with Crippen LogP contribution in [0.1, 0.15) is 50.3 Å². The predicted octanol–water partition coefficient (Wildman–Crippen LogP) is 2.25. The van der Waals surface area contributed by atoms with Crippen LogP contribution in [0.5, 0.6) is 0 Å². The first-order chi connectivity index (χ1) is 8.31. The van der Waals surface area contributed by atoms with Crippen molar-refractivity contribution >= 4 is 5.95 Å². The van der Waals surface area contributed by atoms with Gasteiger partial charge < -0.3 is 5.32 Å². The van der Waals surface area contributed by atoms with Gasteiger partial charge in [-0.1, -0.05) is 26.2 Å². The number of hydrogen-bond acceptors (Lipinski definition) is 3. The van der Waals surface area contributed by atoms with E-state index < -0.39 is 0 Å². The Kier molecular flexibility index (Phi) is 4.18. The Morgan fingerprint density at radius 2 is 2.18 bits per heavy atom. The summed E-state index contributed by atoms with van der Waals surface area (Å²) in [5, 5.41) is 3.21. The van der Waals surface area contributed by atoms with E-state index in [0.717, 1.165) is 43.5 Å². The molecule has 0 saturated carbocycles. The molecule has 1 aromatic rings. The number of aromatic amines is 1. The number of fused-ring (bicyclic) bond motifs is 1. The van der Waals surface area contributed by atoms with Gasteiger partial charge in [-0.2, -0.15) is 0 Å². The SMILES string of the molecule is CCCCCCNc1nc2c(c(=O)[nH]1)CCC2. The van der Waals surface area contributed by atoms with Crippen molar-refractivity contribution in [3.8, 4) is 0 Å². The van der Waals surface area contributed by atoms with E-state index >= 15 is 0 Å². The molecule has 0 unspecified atom stereocenters. The third-order valence-corrected chi connectivity index (χ3v) is 3.26. The third-order valence-electron chi connectivity index (χ3n) is 3.26. The molecule has 1 aliphatic rings. The zero-order valence-corrected chi connectivity index (χ0v) is 10.5. The largest absolute Gasteiger partial charge is 0.356 e. The van der Waals surface area contributed by atoms with Gasteiger partial charge in [-0.25, -0.2) is 4.98 Å². The molecule has 0 radical (unpaired) electrons. The Morgan fingerprint density at radius 1 is 1.29 bits per heavy atom. The molecule has 17 heavy (non-hydrogen) atoms. The van der Waals surface area contributed by atoms with Crippen molar-refractivity contribution in [2.75, 3.05) is 11.9 Å². The van der Waals surface area contributed by atoms with Crippen molar-refractivity contribution in [1.29, 1.82) is 0 Å². The molecule has 0 bridgehead atoms. The molecule has 1 aliphatic carbocycles. The molecule has 0 aromatic carbocycles. The highest BCUT2D eigenvalue weighted by Crippen LogP contribution is 2.16. The Bertz CT molecular complexity index is 425. The summed E-state index contributed by atoms with van der Waals surface area (Å²) in [5.41, 5.74) is 1.93. The van der Waals surface area contributed by atoms with Crippen molar-refractivity contribution in [2.45, 2.75) is 51.9 Å². The fraction of sp³-hybridized carbons (Fsp3) is 0.692. The van der Waals surface area contributed by atoms with Crippen molar-refractivity contribution < 1.29 is 0 Å². The number of anilines is 1. The van der Waals surface area contributed by atoms with E-state index in [4.69, 9.17) is 0 Å². The van der Waals surface area contributed by atoms with Gasteiger partial charge >= 0.3 is 0 Å². The Morgan fingerprint density at radius 3 is 3.00 bits per heavy atom. The van der Waals surface area contributed by atoms with Gasteiger partial charge in [0, 0.05) is 12.1 Å². The number of nitrogens with zero attached hydrogens (tertiary/aromatic N) is 1. The molecule has 1 aromatic heterocycles. The molecular weight excluding hydrogens is 214 g/mol. The number of hydrogen-bond donors (Lipinski definition) is 2. The molecule has 0 aliphatic heterocycles. The number of aryl methyl sites for hydroxylation is 1. The molecule has 2 N–H and O–H groups in total. The van der Waals surface area contributed by atoms with E-state index in [0.29, 0.717) is 5.95 Å². The second-order valence-electron chi connectivity index (χ2n) is 4.68. The van der Waals surface area contributed by atoms with Gasteiger partial charge in [-0.05, 0) is 25.7 Å². The lowest BCUT2D eigenvalue weighted by atomic mass is 10.2. The lowest BCUT2D eigenvalue weighted by Gasteiger charge is -2.06. The maximum Gasteiger partial charge on any atom is 0.255 e. The predicted molar refractivity (Wildman–Crippen MR) is 69.5 cm³/mol. The van der Waals surface area contributed by atoms with Crippen LogP contribution >= 0.6 is 0 Å². The Labute approximate surface area is 102 Å². The summed E-state index contributed by atoms with van der Waals surface area (Å²) >= 11 is 0. The highest BCUT2D eigenvalue weighted by molar-refractivity contribution is 5.31. The second-order valence-corrected chi connectivity index (χ2v) is 4.68. The standard InChI is InChI=1S/C13H21N3O/c1-2-3-4-5-9-14-13-15-11-8-6-7-10(11)12(17)16-13/h2-9H2,1H3,(H2,14,15,16,17). The van der Waals surface area contributed by atoms with Crippen LogP contribution in [-0.2, 0) is 12.8 Å². The van der Waals surface area contributed by atoms with Gasteiger partial charge in [0.15, 0.2) is 0 Å². The second kappa shape index (κ2) is 5.84. The van der Waals surface area contributed by atoms with Crippen molar-refractivity contribution in [1.82, 2.24) is 9.97 Å². The van der Waals surface area contributed by atoms with E-state index in [1.807, 2.05) is 0 Å². The van der Waals surface area contributed by atoms with Crippen molar-refractivity contribution in [2.24, 2.45) is 0 Å². The monoisotopic (exact) mass is 235 g/mol. The van der Waals surface area contributed by atoms with E-state index in [1.54, 1.807) is 0 Å². The Hall–Kier alpha value is -1.32. The van der Waals surface area contributed by atoms with Crippen LogP contribution in [0.3, 0.4) is 0 Å². The summed E-state index contributed by atoms with van der Waals surface area (Å²) in [5.74, 6) is 0.646. The number of rotatable bonds is 6. The molecule has 0 fully saturated rings. The van der Waals surface area contributed by atoms with Crippen molar-refractivity contribution in [3.63, 3.8) is 0 Å². The number of aromatic nitrogens is 2. The minimum absolute atomic E-state index is 0.0450. The van der Waals surface area contributed by atoms with Gasteiger partial charge in [0.1, 0.15) is 0 Å². The molecule has 1 heterocycles. The molecule has 0 saturated heterocycles. The fourth-order valence-electron chi connectivity index (χ4n) is 2.28. The quantitative estimate of drug-likeness (QED) is 0.743. The van der Waals surface area contributed by atoms with Crippen LogP contribution < -0.4 is 10.9 Å². The maximum atomic E-state index is 11.7. The van der Waals surface area contributed by atoms with Gasteiger partial charge in [-0.3, -0.25) is 9.78 Å². The first kappa shape index (κ1) is 12.1. The zero-order chi connectivity index (χ0) is 12.1.